The quantitative estimate of drug-likeness (QED) is 0.286. The third-order valence-corrected chi connectivity index (χ3v) is 7.98. The highest BCUT2D eigenvalue weighted by molar-refractivity contribution is 7.10. The summed E-state index contributed by atoms with van der Waals surface area (Å²) in [5.41, 5.74) is 0.171. The molecule has 0 saturated carbocycles. The van der Waals surface area contributed by atoms with Gasteiger partial charge in [0.25, 0.3) is 0 Å². The SMILES string of the molecule is CC(CCN(C)CCCC(C#N)(c1cccs1)C(C)C)N(CCC#N)CCOc1cccc(C#N)c1. The van der Waals surface area contributed by atoms with Crippen molar-refractivity contribution >= 4 is 11.3 Å². The van der Waals surface area contributed by atoms with Crippen LogP contribution in [0.25, 0.3) is 0 Å². The number of nitrogens with zero attached hydrogens (tertiary/aromatic N) is 5. The van der Waals surface area contributed by atoms with Crippen LogP contribution in [0.1, 0.15) is 56.9 Å². The second-order valence-electron chi connectivity index (χ2n) is 9.69. The fraction of sp³-hybridized carbons (Fsp3) is 0.552. The number of thiophene rings is 1. The number of ether oxygens (including phenoxy) is 1. The Bertz CT molecular complexity index is 1030. The molecule has 0 spiro atoms. The van der Waals surface area contributed by atoms with E-state index in [2.05, 4.69) is 67.3 Å². The van der Waals surface area contributed by atoms with Crippen LogP contribution >= 0.6 is 11.3 Å². The van der Waals surface area contributed by atoms with E-state index in [0.717, 1.165) is 38.9 Å². The highest BCUT2D eigenvalue weighted by Gasteiger charge is 2.36. The van der Waals surface area contributed by atoms with Crippen molar-refractivity contribution in [2.75, 3.05) is 39.8 Å². The first kappa shape index (κ1) is 29.3. The number of nitriles is 3. The Balaban J connectivity index is 1.82. The Labute approximate surface area is 221 Å². The summed E-state index contributed by atoms with van der Waals surface area (Å²) in [4.78, 5) is 5.83. The maximum Gasteiger partial charge on any atom is 0.120 e. The van der Waals surface area contributed by atoms with Crippen molar-refractivity contribution in [2.24, 2.45) is 5.92 Å². The molecule has 0 saturated heterocycles. The van der Waals surface area contributed by atoms with Crippen LogP contribution in [-0.4, -0.2) is 55.7 Å². The molecule has 36 heavy (non-hydrogen) atoms. The molecular formula is C29H39N5OS. The molecule has 0 aliphatic carbocycles. The van der Waals surface area contributed by atoms with Gasteiger partial charge in [0.15, 0.2) is 0 Å². The lowest BCUT2D eigenvalue weighted by molar-refractivity contribution is 0.153. The Morgan fingerprint density at radius 2 is 1.83 bits per heavy atom. The average Bonchev–Trinajstić information content (AvgIpc) is 3.42. The van der Waals surface area contributed by atoms with Gasteiger partial charge in [0.05, 0.1) is 29.2 Å². The van der Waals surface area contributed by atoms with E-state index in [-0.39, 0.29) is 5.92 Å². The van der Waals surface area contributed by atoms with E-state index < -0.39 is 5.41 Å². The lowest BCUT2D eigenvalue weighted by Crippen LogP contribution is -2.39. The standard InChI is InChI=1S/C29H39N5OS/c1-24(2)29(23-32,28-11-6-20-36-28)13-7-15-33(4)17-12-25(3)34(16-8-14-30)18-19-35-27-10-5-9-26(21-27)22-31/h5-6,9-11,20-21,24-25H,7-8,12-13,15-19H2,1-4H3. The van der Waals surface area contributed by atoms with Crippen molar-refractivity contribution in [1.29, 1.82) is 15.8 Å². The smallest absolute Gasteiger partial charge is 0.120 e. The van der Waals surface area contributed by atoms with Gasteiger partial charge in [0.1, 0.15) is 12.4 Å². The van der Waals surface area contributed by atoms with E-state index in [1.165, 1.54) is 4.88 Å². The fourth-order valence-electron chi connectivity index (χ4n) is 4.48. The van der Waals surface area contributed by atoms with Gasteiger partial charge < -0.3 is 9.64 Å². The molecule has 0 radical (unpaired) electrons. The van der Waals surface area contributed by atoms with E-state index in [1.54, 1.807) is 23.5 Å². The molecule has 0 fully saturated rings. The van der Waals surface area contributed by atoms with Crippen molar-refractivity contribution in [2.45, 2.75) is 57.9 Å². The average molecular weight is 506 g/mol. The van der Waals surface area contributed by atoms with Gasteiger partial charge in [-0.05, 0) is 81.9 Å². The minimum Gasteiger partial charge on any atom is -0.492 e. The molecule has 192 valence electrons. The van der Waals surface area contributed by atoms with Crippen LogP contribution in [0.2, 0.25) is 0 Å². The molecule has 0 aliphatic rings. The molecule has 2 aromatic rings. The van der Waals surface area contributed by atoms with Crippen LogP contribution in [0.5, 0.6) is 5.75 Å². The second-order valence-corrected chi connectivity index (χ2v) is 10.6. The Kier molecular flexibility index (Phi) is 12.4. The van der Waals surface area contributed by atoms with Gasteiger partial charge in [-0.1, -0.05) is 26.0 Å². The zero-order valence-corrected chi connectivity index (χ0v) is 22.9. The highest BCUT2D eigenvalue weighted by Crippen LogP contribution is 2.39. The Morgan fingerprint density at radius 1 is 1.03 bits per heavy atom. The largest absolute Gasteiger partial charge is 0.492 e. The predicted molar refractivity (Wildman–Crippen MR) is 146 cm³/mol. The topological polar surface area (TPSA) is 87.1 Å². The minimum atomic E-state index is -0.414. The molecule has 0 aliphatic heterocycles. The van der Waals surface area contributed by atoms with Gasteiger partial charge in [0, 0.05) is 30.4 Å². The summed E-state index contributed by atoms with van der Waals surface area (Å²) in [7, 11) is 2.15. The summed E-state index contributed by atoms with van der Waals surface area (Å²) in [6.07, 6.45) is 3.31. The van der Waals surface area contributed by atoms with Gasteiger partial charge in [-0.25, -0.2) is 0 Å². The molecule has 0 amide bonds. The summed E-state index contributed by atoms with van der Waals surface area (Å²) in [6.45, 7) is 10.3. The molecular weight excluding hydrogens is 466 g/mol. The molecule has 2 atom stereocenters. The van der Waals surface area contributed by atoms with Gasteiger partial charge >= 0.3 is 0 Å². The number of benzene rings is 1. The van der Waals surface area contributed by atoms with E-state index in [0.29, 0.717) is 36.9 Å². The molecule has 7 heteroatoms. The van der Waals surface area contributed by atoms with Crippen LogP contribution in [0.3, 0.4) is 0 Å². The third-order valence-electron chi connectivity index (χ3n) is 6.93. The zero-order valence-electron chi connectivity index (χ0n) is 22.1. The monoisotopic (exact) mass is 505 g/mol. The summed E-state index contributed by atoms with van der Waals surface area (Å²) < 4.78 is 5.87. The summed E-state index contributed by atoms with van der Waals surface area (Å²) in [5.74, 6) is 0.962. The predicted octanol–water partition coefficient (Wildman–Crippen LogP) is 5.82. The number of hydrogen-bond acceptors (Lipinski definition) is 7. The van der Waals surface area contributed by atoms with Crippen LogP contribution < -0.4 is 4.74 Å². The zero-order chi connectivity index (χ0) is 26.4. The van der Waals surface area contributed by atoms with Crippen LogP contribution in [0.15, 0.2) is 41.8 Å². The number of rotatable bonds is 16. The maximum absolute atomic E-state index is 10.1. The highest BCUT2D eigenvalue weighted by atomic mass is 32.1. The number of hydrogen-bond donors (Lipinski definition) is 0. The molecule has 6 nitrogen and oxygen atoms in total. The van der Waals surface area contributed by atoms with Crippen molar-refractivity contribution in [3.8, 4) is 24.0 Å². The van der Waals surface area contributed by atoms with E-state index in [9.17, 15) is 5.26 Å². The van der Waals surface area contributed by atoms with Crippen LogP contribution in [0.4, 0.5) is 0 Å². The maximum atomic E-state index is 10.1. The van der Waals surface area contributed by atoms with Gasteiger partial charge in [-0.3, -0.25) is 4.90 Å². The minimum absolute atomic E-state index is 0.268. The van der Waals surface area contributed by atoms with Crippen molar-refractivity contribution in [3.63, 3.8) is 0 Å². The van der Waals surface area contributed by atoms with E-state index >= 15 is 0 Å². The summed E-state index contributed by atoms with van der Waals surface area (Å²) >= 11 is 1.68. The lowest BCUT2D eigenvalue weighted by atomic mass is 9.73. The molecule has 2 rings (SSSR count). The Morgan fingerprint density at radius 3 is 2.47 bits per heavy atom. The normalized spacial score (nSPS) is 13.7. The molecule has 1 heterocycles. The summed E-state index contributed by atoms with van der Waals surface area (Å²) in [5, 5.41) is 30.3. The van der Waals surface area contributed by atoms with Crippen molar-refractivity contribution in [3.05, 3.63) is 52.2 Å². The third kappa shape index (κ3) is 8.65. The van der Waals surface area contributed by atoms with E-state index in [1.807, 2.05) is 18.2 Å². The fourth-order valence-corrected chi connectivity index (χ4v) is 5.54. The van der Waals surface area contributed by atoms with Crippen LogP contribution in [-0.2, 0) is 5.41 Å². The first-order chi connectivity index (χ1) is 17.4. The van der Waals surface area contributed by atoms with Gasteiger partial charge in [0.2, 0.25) is 0 Å². The molecule has 1 aromatic carbocycles. The second kappa shape index (κ2) is 15.3. The Hall–Kier alpha value is -2.89. The van der Waals surface area contributed by atoms with Crippen molar-refractivity contribution < 1.29 is 4.74 Å². The van der Waals surface area contributed by atoms with Gasteiger partial charge in [-0.15, -0.1) is 11.3 Å². The lowest BCUT2D eigenvalue weighted by Gasteiger charge is -2.31. The molecule has 1 aromatic heterocycles. The van der Waals surface area contributed by atoms with Crippen LogP contribution in [0, 0.1) is 39.9 Å². The molecule has 2 unspecified atom stereocenters. The van der Waals surface area contributed by atoms with Gasteiger partial charge in [-0.2, -0.15) is 15.8 Å². The first-order valence-corrected chi connectivity index (χ1v) is 13.6. The summed E-state index contributed by atoms with van der Waals surface area (Å²) in [6, 6.07) is 18.7. The van der Waals surface area contributed by atoms with E-state index in [4.69, 9.17) is 15.3 Å². The molecule has 0 bridgehead atoms. The van der Waals surface area contributed by atoms with Crippen molar-refractivity contribution in [1.82, 2.24) is 9.80 Å². The first-order valence-electron chi connectivity index (χ1n) is 12.7. The molecule has 0 N–H and O–H groups in total.